The molecule has 2 nitrogen and oxygen atoms in total. The van der Waals surface area contributed by atoms with Gasteiger partial charge in [0.2, 0.25) is 0 Å². The topological polar surface area (TPSA) is 29.3 Å². The van der Waals surface area contributed by atoms with Crippen molar-refractivity contribution in [2.45, 2.75) is 19.9 Å². The van der Waals surface area contributed by atoms with E-state index in [2.05, 4.69) is 42.5 Å². The van der Waals surface area contributed by atoms with Gasteiger partial charge in [0, 0.05) is 23.7 Å². The number of nitrogens with zero attached hydrogens (tertiary/aromatic N) is 1. The second kappa shape index (κ2) is 6.03. The zero-order chi connectivity index (χ0) is 13.0. The van der Waals surface area contributed by atoms with Gasteiger partial charge in [0.05, 0.1) is 0 Å². The van der Waals surface area contributed by atoms with E-state index in [1.165, 1.54) is 16.0 Å². The van der Waals surface area contributed by atoms with Gasteiger partial charge in [-0.2, -0.15) is 0 Å². The van der Waals surface area contributed by atoms with E-state index in [-0.39, 0.29) is 0 Å². The first-order chi connectivity index (χ1) is 8.66. The molecule has 0 amide bonds. The smallest absolute Gasteiger partial charge is 0.0346 e. The van der Waals surface area contributed by atoms with Gasteiger partial charge >= 0.3 is 0 Å². The van der Waals surface area contributed by atoms with Crippen molar-refractivity contribution in [3.63, 3.8) is 0 Å². The Labute approximate surface area is 113 Å². The van der Waals surface area contributed by atoms with Crippen molar-refractivity contribution in [1.82, 2.24) is 4.90 Å². The third-order valence-electron chi connectivity index (χ3n) is 3.25. The fourth-order valence-electron chi connectivity index (χ4n) is 2.00. The van der Waals surface area contributed by atoms with Crippen LogP contribution in [-0.2, 0) is 13.0 Å². The molecule has 0 spiro atoms. The molecule has 18 heavy (non-hydrogen) atoms. The zero-order valence-corrected chi connectivity index (χ0v) is 11.8. The van der Waals surface area contributed by atoms with Crippen molar-refractivity contribution in [3.05, 3.63) is 51.7 Å². The molecule has 3 heteroatoms. The minimum Gasteiger partial charge on any atom is -0.399 e. The highest BCUT2D eigenvalue weighted by atomic mass is 32.1. The molecule has 2 rings (SSSR count). The lowest BCUT2D eigenvalue weighted by Crippen LogP contribution is -2.21. The Morgan fingerprint density at radius 1 is 1.22 bits per heavy atom. The lowest BCUT2D eigenvalue weighted by atomic mass is 10.1. The van der Waals surface area contributed by atoms with E-state index in [1.54, 1.807) is 0 Å². The maximum Gasteiger partial charge on any atom is 0.0346 e. The van der Waals surface area contributed by atoms with Gasteiger partial charge in [-0.1, -0.05) is 18.2 Å². The van der Waals surface area contributed by atoms with Crippen LogP contribution >= 0.6 is 11.3 Å². The summed E-state index contributed by atoms with van der Waals surface area (Å²) < 4.78 is 0. The van der Waals surface area contributed by atoms with E-state index in [0.717, 1.165) is 25.2 Å². The number of likely N-dealkylation sites (N-methyl/N-ethyl adjacent to an activating group) is 1. The zero-order valence-electron chi connectivity index (χ0n) is 11.0. The summed E-state index contributed by atoms with van der Waals surface area (Å²) in [5.74, 6) is 0. The number of rotatable bonds is 5. The van der Waals surface area contributed by atoms with Crippen LogP contribution in [-0.4, -0.2) is 18.5 Å². The molecule has 0 radical (unpaired) electrons. The predicted octanol–water partition coefficient (Wildman–Crippen LogP) is 3.31. The Bertz CT molecular complexity index is 491. The van der Waals surface area contributed by atoms with Gasteiger partial charge in [-0.3, -0.25) is 0 Å². The number of anilines is 1. The second-order valence-corrected chi connectivity index (χ2v) is 5.73. The predicted molar refractivity (Wildman–Crippen MR) is 79.9 cm³/mol. The molecule has 1 aromatic heterocycles. The Balaban J connectivity index is 1.90. The van der Waals surface area contributed by atoms with Crippen LogP contribution in [0.3, 0.4) is 0 Å². The first kappa shape index (κ1) is 13.1. The van der Waals surface area contributed by atoms with Gasteiger partial charge in [0.15, 0.2) is 0 Å². The Morgan fingerprint density at radius 2 is 2.06 bits per heavy atom. The number of benzene rings is 1. The van der Waals surface area contributed by atoms with Crippen LogP contribution in [0.1, 0.15) is 16.0 Å². The van der Waals surface area contributed by atoms with Crippen molar-refractivity contribution < 1.29 is 0 Å². The van der Waals surface area contributed by atoms with E-state index >= 15 is 0 Å². The lowest BCUT2D eigenvalue weighted by Gasteiger charge is -2.18. The molecule has 0 saturated heterocycles. The van der Waals surface area contributed by atoms with Gasteiger partial charge in [-0.15, -0.1) is 11.3 Å². The molecule has 1 aromatic carbocycles. The summed E-state index contributed by atoms with van der Waals surface area (Å²) >= 11 is 1.83. The van der Waals surface area contributed by atoms with Crippen molar-refractivity contribution in [1.29, 1.82) is 0 Å². The van der Waals surface area contributed by atoms with E-state index in [4.69, 9.17) is 5.73 Å². The summed E-state index contributed by atoms with van der Waals surface area (Å²) in [7, 11) is 2.16. The average molecular weight is 260 g/mol. The van der Waals surface area contributed by atoms with Crippen molar-refractivity contribution in [2.75, 3.05) is 19.3 Å². The third-order valence-corrected chi connectivity index (χ3v) is 4.18. The van der Waals surface area contributed by atoms with Crippen LogP contribution in [0.5, 0.6) is 0 Å². The summed E-state index contributed by atoms with van der Waals surface area (Å²) in [6, 6.07) is 10.5. The first-order valence-electron chi connectivity index (χ1n) is 6.21. The normalized spacial score (nSPS) is 11.1. The summed E-state index contributed by atoms with van der Waals surface area (Å²) in [6.45, 7) is 4.13. The maximum absolute atomic E-state index is 5.93. The molecule has 0 atom stereocenters. The summed E-state index contributed by atoms with van der Waals surface area (Å²) in [5, 5.41) is 2.14. The van der Waals surface area contributed by atoms with Gasteiger partial charge in [-0.25, -0.2) is 0 Å². The molecule has 0 aliphatic carbocycles. The third kappa shape index (κ3) is 3.34. The molecule has 0 unspecified atom stereocenters. The lowest BCUT2D eigenvalue weighted by molar-refractivity contribution is 0.331. The van der Waals surface area contributed by atoms with Crippen molar-refractivity contribution in [3.8, 4) is 0 Å². The van der Waals surface area contributed by atoms with Gasteiger partial charge in [-0.05, 0) is 49.0 Å². The number of hydrogen-bond donors (Lipinski definition) is 1. The average Bonchev–Trinajstić information content (AvgIpc) is 2.86. The molecule has 0 bridgehead atoms. The van der Waals surface area contributed by atoms with Gasteiger partial charge < -0.3 is 10.6 Å². The molecule has 0 aliphatic rings. The van der Waals surface area contributed by atoms with E-state index < -0.39 is 0 Å². The quantitative estimate of drug-likeness (QED) is 0.836. The maximum atomic E-state index is 5.93. The molecular weight excluding hydrogens is 240 g/mol. The summed E-state index contributed by atoms with van der Waals surface area (Å²) in [6.07, 6.45) is 1.12. The van der Waals surface area contributed by atoms with Crippen molar-refractivity contribution >= 4 is 17.0 Å². The van der Waals surface area contributed by atoms with Gasteiger partial charge in [0.1, 0.15) is 0 Å². The minimum atomic E-state index is 0.888. The fourth-order valence-corrected chi connectivity index (χ4v) is 2.70. The van der Waals surface area contributed by atoms with Crippen LogP contribution in [0, 0.1) is 6.92 Å². The van der Waals surface area contributed by atoms with Crippen molar-refractivity contribution in [2.24, 2.45) is 0 Å². The highest BCUT2D eigenvalue weighted by molar-refractivity contribution is 7.09. The number of nitrogen functional groups attached to an aromatic ring is 1. The highest BCUT2D eigenvalue weighted by Gasteiger charge is 2.05. The molecule has 1 heterocycles. The standard InChI is InChI=1S/C15H20N2S/c1-12-13(5-3-7-15(12)16)11-17(2)9-8-14-6-4-10-18-14/h3-7,10H,8-9,11,16H2,1-2H3. The van der Waals surface area contributed by atoms with E-state index in [0.29, 0.717) is 0 Å². The minimum absolute atomic E-state index is 0.888. The van der Waals surface area contributed by atoms with Crippen LogP contribution in [0.25, 0.3) is 0 Å². The SMILES string of the molecule is Cc1c(N)cccc1CN(C)CCc1cccs1. The summed E-state index contributed by atoms with van der Waals surface area (Å²) in [4.78, 5) is 3.80. The monoisotopic (exact) mass is 260 g/mol. The molecule has 0 fully saturated rings. The number of hydrogen-bond acceptors (Lipinski definition) is 3. The summed E-state index contributed by atoms with van der Waals surface area (Å²) in [5.41, 5.74) is 9.35. The molecule has 2 aromatic rings. The molecule has 0 saturated carbocycles. The molecule has 0 aliphatic heterocycles. The second-order valence-electron chi connectivity index (χ2n) is 4.70. The van der Waals surface area contributed by atoms with E-state index in [9.17, 15) is 0 Å². The number of thiophene rings is 1. The first-order valence-corrected chi connectivity index (χ1v) is 7.09. The fraction of sp³-hybridized carbons (Fsp3) is 0.333. The van der Waals surface area contributed by atoms with E-state index in [1.807, 2.05) is 23.5 Å². The van der Waals surface area contributed by atoms with Crippen LogP contribution in [0.15, 0.2) is 35.7 Å². The number of nitrogens with two attached hydrogens (primary N) is 1. The van der Waals surface area contributed by atoms with Crippen LogP contribution in [0.2, 0.25) is 0 Å². The van der Waals surface area contributed by atoms with Crippen LogP contribution < -0.4 is 5.73 Å². The molecule has 2 N–H and O–H groups in total. The molecular formula is C15H20N2S. The Morgan fingerprint density at radius 3 is 2.78 bits per heavy atom. The molecule has 96 valence electrons. The van der Waals surface area contributed by atoms with Crippen LogP contribution in [0.4, 0.5) is 5.69 Å². The largest absolute Gasteiger partial charge is 0.399 e. The highest BCUT2D eigenvalue weighted by Crippen LogP contribution is 2.17. The Hall–Kier alpha value is -1.32. The Kier molecular flexibility index (Phi) is 4.39. The van der Waals surface area contributed by atoms with Gasteiger partial charge in [0.25, 0.3) is 0 Å².